The molecule has 0 saturated carbocycles. The Kier molecular flexibility index (Phi) is 9.89. The van der Waals surface area contributed by atoms with Crippen LogP contribution in [-0.4, -0.2) is 9.97 Å². The predicted molar refractivity (Wildman–Crippen MR) is 192 cm³/mol. The van der Waals surface area contributed by atoms with Crippen LogP contribution >= 0.6 is 0 Å². The zero-order valence-corrected chi connectivity index (χ0v) is 30.8. The summed E-state index contributed by atoms with van der Waals surface area (Å²) in [5.41, 5.74) is 16.1. The average Bonchev–Trinajstić information content (AvgIpc) is 3.39. The molecule has 0 unspecified atom stereocenters. The predicted octanol–water partition coefficient (Wildman–Crippen LogP) is 11.1. The molecular weight excluding hydrogens is 753 g/mol. The molecule has 3 aromatic carbocycles. The maximum atomic E-state index is 6.20. The van der Waals surface area contributed by atoms with Crippen LogP contribution < -0.4 is 0 Å². The van der Waals surface area contributed by atoms with Crippen molar-refractivity contribution in [1.29, 1.82) is 0 Å². The molecule has 0 saturated heterocycles. The molecule has 4 heteroatoms. The minimum absolute atomic E-state index is 0. The fraction of sp³-hybridized carbons (Fsp3) is 0.209. The molecule has 6 aromatic rings. The van der Waals surface area contributed by atoms with Gasteiger partial charge in [0.15, 0.2) is 11.3 Å². The normalized spacial score (nSPS) is 12.0. The van der Waals surface area contributed by atoms with E-state index in [1.54, 1.807) is 0 Å². The Balaban J connectivity index is 0.000000183. The van der Waals surface area contributed by atoms with Crippen LogP contribution in [-0.2, 0) is 25.5 Å². The number of pyridine rings is 2. The summed E-state index contributed by atoms with van der Waals surface area (Å²) in [7, 11) is 0. The molecule has 0 spiro atoms. The number of nitrogens with zero attached hydrogens (tertiary/aromatic N) is 2. The van der Waals surface area contributed by atoms with E-state index in [-0.39, 0.29) is 25.5 Å². The Bertz CT molecular complexity index is 2100. The quantitative estimate of drug-likeness (QED) is 0.168. The van der Waals surface area contributed by atoms with Crippen molar-refractivity contribution in [2.75, 3.05) is 0 Å². The van der Waals surface area contributed by atoms with Gasteiger partial charge in [-0.1, -0.05) is 50.6 Å². The third-order valence-corrected chi connectivity index (χ3v) is 8.47. The van der Waals surface area contributed by atoms with Gasteiger partial charge in [0.1, 0.15) is 5.56 Å². The molecule has 0 amide bonds. The van der Waals surface area contributed by atoms with Gasteiger partial charge in [-0.05, 0) is 103 Å². The Morgan fingerprint density at radius 1 is 0.766 bits per heavy atom. The molecule has 0 bridgehead atoms. The van der Waals surface area contributed by atoms with Crippen LogP contribution in [0.4, 0.5) is 0 Å². The summed E-state index contributed by atoms with van der Waals surface area (Å²) in [6.45, 7) is 17.4. The van der Waals surface area contributed by atoms with E-state index < -0.39 is 0 Å². The van der Waals surface area contributed by atoms with Crippen LogP contribution in [0.3, 0.4) is 0 Å². The molecule has 7 rings (SSSR count). The molecule has 1 aliphatic carbocycles. The molecule has 3 nitrogen and oxygen atoms in total. The van der Waals surface area contributed by atoms with Crippen LogP contribution in [0.5, 0.6) is 0 Å². The second kappa shape index (κ2) is 13.7. The number of hydrogen-bond acceptors (Lipinski definition) is 3. The Labute approximate surface area is 292 Å². The number of aromatic nitrogens is 2. The van der Waals surface area contributed by atoms with E-state index in [0.29, 0.717) is 0 Å². The molecule has 47 heavy (non-hydrogen) atoms. The Morgan fingerprint density at radius 3 is 2.23 bits per heavy atom. The molecule has 3 aromatic heterocycles. The van der Waals surface area contributed by atoms with Crippen molar-refractivity contribution < 1.29 is 24.5 Å². The van der Waals surface area contributed by atoms with Crippen LogP contribution in [0.1, 0.15) is 71.2 Å². The standard InChI is InChI=1S/C23H22NO.C20H18N.Ir/c1-14-9-10-16-17-7-6-8-18(22(17)25-21(16)11-14)20-12-19(23(3,4)5)15(2)13-24-20;1-14-11-15(2)20(16(3)12-14)18-9-10-21-19(13-18)17-7-5-4-6-8-17;/h6-7,9-13H,1-5H3;4-7,9-13H,1-3H3;/q+1;-1;-3. The van der Waals surface area contributed by atoms with Gasteiger partial charge in [0.2, 0.25) is 11.3 Å². The third-order valence-electron chi connectivity index (χ3n) is 8.47. The van der Waals surface area contributed by atoms with Gasteiger partial charge in [0, 0.05) is 36.0 Å². The van der Waals surface area contributed by atoms with E-state index in [4.69, 9.17) is 4.42 Å². The van der Waals surface area contributed by atoms with Crippen molar-refractivity contribution >= 4 is 22.6 Å². The Hall–Kier alpha value is -4.46. The van der Waals surface area contributed by atoms with Crippen molar-refractivity contribution in [3.8, 4) is 22.4 Å². The second-order valence-electron chi connectivity index (χ2n) is 13.3. The van der Waals surface area contributed by atoms with Gasteiger partial charge >= 0.3 is 0 Å². The summed E-state index contributed by atoms with van der Waals surface area (Å²) in [4.78, 5) is 9.15. The molecule has 0 fully saturated rings. The van der Waals surface area contributed by atoms with Crippen molar-refractivity contribution in [1.82, 2.24) is 9.97 Å². The summed E-state index contributed by atoms with van der Waals surface area (Å²) < 4.78 is 6.20. The monoisotopic (exact) mass is 793 g/mol. The molecule has 240 valence electrons. The summed E-state index contributed by atoms with van der Waals surface area (Å²) >= 11 is 0. The van der Waals surface area contributed by atoms with E-state index in [1.807, 2.05) is 42.7 Å². The average molecular weight is 793 g/mol. The maximum absolute atomic E-state index is 6.20. The third kappa shape index (κ3) is 7.11. The first-order chi connectivity index (χ1) is 22.0. The van der Waals surface area contributed by atoms with Crippen LogP contribution in [0.2, 0.25) is 0 Å². The molecular formula is C43H40IrN2O-3. The fourth-order valence-electron chi connectivity index (χ4n) is 6.43. The minimum atomic E-state index is 0. The minimum Gasteiger partial charge on any atom is -3.00 e. The largest absolute Gasteiger partial charge is 3.00 e. The van der Waals surface area contributed by atoms with E-state index in [1.165, 1.54) is 44.5 Å². The first-order valence-electron chi connectivity index (χ1n) is 15.8. The van der Waals surface area contributed by atoms with Crippen LogP contribution in [0.15, 0.2) is 95.7 Å². The van der Waals surface area contributed by atoms with Gasteiger partial charge in [0.25, 0.3) is 0 Å². The Morgan fingerprint density at radius 2 is 1.53 bits per heavy atom. The number of rotatable bonds is 3. The summed E-state index contributed by atoms with van der Waals surface area (Å²) in [6, 6.07) is 28.4. The smallest absolute Gasteiger partial charge is 0.243 e. The van der Waals surface area contributed by atoms with Crippen molar-refractivity contribution in [3.05, 3.63) is 154 Å². The number of furan rings is 1. The number of aryl methyl sites for hydroxylation is 5. The van der Waals surface area contributed by atoms with Crippen molar-refractivity contribution in [3.63, 3.8) is 0 Å². The molecule has 0 atom stereocenters. The number of hydrogen-bond donors (Lipinski definition) is 0. The second-order valence-corrected chi connectivity index (χ2v) is 13.3. The first kappa shape index (κ1) is 33.9. The van der Waals surface area contributed by atoms with E-state index in [2.05, 4.69) is 132 Å². The van der Waals surface area contributed by atoms with E-state index in [9.17, 15) is 0 Å². The van der Waals surface area contributed by atoms with Gasteiger partial charge in [-0.2, -0.15) is 0 Å². The van der Waals surface area contributed by atoms with Gasteiger partial charge in [-0.25, -0.2) is 4.98 Å². The maximum Gasteiger partial charge on any atom is 0.243 e. The summed E-state index contributed by atoms with van der Waals surface area (Å²) in [5, 5.41) is 1.14. The van der Waals surface area contributed by atoms with Crippen LogP contribution in [0.25, 0.3) is 45.0 Å². The SMILES string of the molecule is Cc1cc(C)c(-c2ccnc(-c3[c-]cccc3)c2)c(C)c1.Cc1ccc2c3c(oc2c1)C(c1cc(C(C)(C)C)c(C)cn1)=[C+]C=C3.[Ir-3]. The van der Waals surface area contributed by atoms with Crippen molar-refractivity contribution in [2.24, 2.45) is 0 Å². The number of allylic oxidation sites excluding steroid dienone is 2. The molecule has 3 heterocycles. The van der Waals surface area contributed by atoms with Gasteiger partial charge in [-0.15, -0.1) is 35.9 Å². The van der Waals surface area contributed by atoms with Crippen LogP contribution in [0, 0.1) is 46.8 Å². The van der Waals surface area contributed by atoms with Crippen molar-refractivity contribution in [2.45, 2.75) is 60.8 Å². The topological polar surface area (TPSA) is 38.9 Å². The molecule has 0 radical (unpaired) electrons. The fourth-order valence-corrected chi connectivity index (χ4v) is 6.43. The number of fused-ring (bicyclic) bond motifs is 3. The zero-order chi connectivity index (χ0) is 32.6. The van der Waals surface area contributed by atoms with E-state index >= 15 is 0 Å². The summed E-state index contributed by atoms with van der Waals surface area (Å²) in [5.74, 6) is 0.860. The molecule has 0 aliphatic heterocycles. The zero-order valence-electron chi connectivity index (χ0n) is 28.4. The van der Waals surface area contributed by atoms with Gasteiger partial charge in [-0.3, -0.25) is 0 Å². The van der Waals surface area contributed by atoms with Gasteiger partial charge in [0.05, 0.1) is 6.08 Å². The first-order valence-corrected chi connectivity index (χ1v) is 15.8. The molecule has 0 N–H and O–H groups in total. The number of benzene rings is 3. The van der Waals surface area contributed by atoms with E-state index in [0.717, 1.165) is 44.8 Å². The summed E-state index contributed by atoms with van der Waals surface area (Å²) in [6.07, 6.45) is 11.2. The molecule has 1 aliphatic rings. The van der Waals surface area contributed by atoms with Gasteiger partial charge < -0.3 is 29.5 Å².